The van der Waals surface area contributed by atoms with Gasteiger partial charge in [-0.15, -0.1) is 0 Å². The number of halogens is 1. The monoisotopic (exact) mass is 474 g/mol. The lowest BCUT2D eigenvalue weighted by Crippen LogP contribution is -2.38. The Hall–Kier alpha value is -3.23. The van der Waals surface area contributed by atoms with Gasteiger partial charge in [0, 0.05) is 5.69 Å². The second-order valence-electron chi connectivity index (χ2n) is 6.90. The maximum Gasteiger partial charge on any atom is 0.268 e. The first-order valence-corrected chi connectivity index (χ1v) is 11.4. The van der Waals surface area contributed by atoms with E-state index in [1.807, 2.05) is 0 Å². The zero-order valence-electron chi connectivity index (χ0n) is 17.8. The number of carbonyl (C=O) groups is 1. The molecule has 0 fully saturated rings. The number of para-hydroxylation sites is 1. The molecule has 3 aromatic rings. The zero-order chi connectivity index (χ0) is 23.3. The number of aryl methyl sites for hydroxylation is 1. The van der Waals surface area contributed by atoms with E-state index in [1.54, 1.807) is 61.5 Å². The fourth-order valence-electron chi connectivity index (χ4n) is 3.09. The molecule has 0 aliphatic heterocycles. The number of rotatable bonds is 8. The van der Waals surface area contributed by atoms with Gasteiger partial charge in [-0.25, -0.2) is 8.42 Å². The van der Waals surface area contributed by atoms with Crippen molar-refractivity contribution >= 4 is 38.9 Å². The Balaban J connectivity index is 1.96. The van der Waals surface area contributed by atoms with Crippen LogP contribution >= 0.6 is 11.6 Å². The molecular weight excluding hydrogens is 452 g/mol. The molecule has 1 amide bonds. The highest BCUT2D eigenvalue weighted by Crippen LogP contribution is 2.31. The Morgan fingerprint density at radius 2 is 1.62 bits per heavy atom. The molecule has 7 nitrogen and oxygen atoms in total. The van der Waals surface area contributed by atoms with Crippen molar-refractivity contribution in [2.24, 2.45) is 0 Å². The number of nitrogens with one attached hydrogen (secondary N) is 1. The molecule has 1 N–H and O–H groups in total. The maximum absolute atomic E-state index is 13.6. The van der Waals surface area contributed by atoms with E-state index in [0.29, 0.717) is 22.1 Å². The van der Waals surface area contributed by atoms with Crippen molar-refractivity contribution in [2.75, 3.05) is 30.4 Å². The SMILES string of the molecule is COc1ccc(NC(=O)CN(c2ccccc2)S(=O)(=O)c2cc(C)ccc2OC)cc1Cl. The van der Waals surface area contributed by atoms with Gasteiger partial charge in [-0.1, -0.05) is 35.9 Å². The topological polar surface area (TPSA) is 84.9 Å². The van der Waals surface area contributed by atoms with Crippen LogP contribution in [0.4, 0.5) is 11.4 Å². The lowest BCUT2D eigenvalue weighted by molar-refractivity contribution is -0.114. The van der Waals surface area contributed by atoms with E-state index in [1.165, 1.54) is 26.4 Å². The summed E-state index contributed by atoms with van der Waals surface area (Å²) in [5.74, 6) is 0.119. The van der Waals surface area contributed by atoms with Crippen molar-refractivity contribution < 1.29 is 22.7 Å². The zero-order valence-corrected chi connectivity index (χ0v) is 19.4. The molecule has 0 aromatic heterocycles. The second-order valence-corrected chi connectivity index (χ2v) is 9.14. The summed E-state index contributed by atoms with van der Waals surface area (Å²) in [5, 5.41) is 3.00. The van der Waals surface area contributed by atoms with Crippen LogP contribution < -0.4 is 19.1 Å². The summed E-state index contributed by atoms with van der Waals surface area (Å²) in [6, 6.07) is 18.0. The number of nitrogens with zero attached hydrogens (tertiary/aromatic N) is 1. The van der Waals surface area contributed by atoms with Crippen molar-refractivity contribution in [3.8, 4) is 11.5 Å². The number of benzene rings is 3. The first-order chi connectivity index (χ1) is 15.3. The van der Waals surface area contributed by atoms with Crippen LogP contribution in [0.3, 0.4) is 0 Å². The molecule has 0 bridgehead atoms. The van der Waals surface area contributed by atoms with E-state index in [9.17, 15) is 13.2 Å². The largest absolute Gasteiger partial charge is 0.495 e. The normalized spacial score (nSPS) is 11.0. The van der Waals surface area contributed by atoms with Crippen LogP contribution in [-0.4, -0.2) is 35.1 Å². The van der Waals surface area contributed by atoms with Crippen LogP contribution in [0.5, 0.6) is 11.5 Å². The number of amides is 1. The van der Waals surface area contributed by atoms with Crippen LogP contribution in [0.25, 0.3) is 0 Å². The summed E-state index contributed by atoms with van der Waals surface area (Å²) >= 11 is 6.12. The average Bonchev–Trinajstić information content (AvgIpc) is 2.78. The van der Waals surface area contributed by atoms with E-state index < -0.39 is 22.5 Å². The number of methoxy groups -OCH3 is 2. The van der Waals surface area contributed by atoms with Crippen LogP contribution in [0, 0.1) is 6.92 Å². The number of hydrogen-bond acceptors (Lipinski definition) is 5. The molecule has 0 unspecified atom stereocenters. The Morgan fingerprint density at radius 3 is 2.25 bits per heavy atom. The third-order valence-corrected chi connectivity index (χ3v) is 6.74. The molecule has 0 heterocycles. The highest BCUT2D eigenvalue weighted by Gasteiger charge is 2.30. The number of hydrogen-bond donors (Lipinski definition) is 1. The molecule has 0 aliphatic carbocycles. The molecule has 0 saturated carbocycles. The summed E-state index contributed by atoms with van der Waals surface area (Å²) in [4.78, 5) is 12.8. The smallest absolute Gasteiger partial charge is 0.268 e. The van der Waals surface area contributed by atoms with E-state index in [-0.39, 0.29) is 10.6 Å². The number of carbonyl (C=O) groups excluding carboxylic acids is 1. The molecule has 3 rings (SSSR count). The standard InChI is InChI=1S/C23H23ClN2O5S/c1-16-9-11-21(31-3)22(13-16)32(28,29)26(18-7-5-4-6-8-18)15-23(27)25-17-10-12-20(30-2)19(24)14-17/h4-14H,15H2,1-3H3,(H,25,27). The summed E-state index contributed by atoms with van der Waals surface area (Å²) in [6.07, 6.45) is 0. The molecule has 0 aliphatic rings. The Labute approximate surface area is 192 Å². The predicted octanol–water partition coefficient (Wildman–Crippen LogP) is 4.50. The minimum absolute atomic E-state index is 0.0239. The van der Waals surface area contributed by atoms with Crippen molar-refractivity contribution in [3.63, 3.8) is 0 Å². The van der Waals surface area contributed by atoms with Crippen LogP contribution in [0.1, 0.15) is 5.56 Å². The highest BCUT2D eigenvalue weighted by molar-refractivity contribution is 7.93. The maximum atomic E-state index is 13.6. The van der Waals surface area contributed by atoms with Gasteiger partial charge in [0.05, 0.1) is 24.9 Å². The fourth-order valence-corrected chi connectivity index (χ4v) is 5.01. The van der Waals surface area contributed by atoms with Gasteiger partial charge in [0.15, 0.2) is 0 Å². The van der Waals surface area contributed by atoms with Gasteiger partial charge >= 0.3 is 0 Å². The second kappa shape index (κ2) is 9.93. The number of sulfonamides is 1. The molecule has 0 radical (unpaired) electrons. The molecule has 0 atom stereocenters. The van der Waals surface area contributed by atoms with Crippen molar-refractivity contribution in [1.29, 1.82) is 0 Å². The van der Waals surface area contributed by atoms with Crippen LogP contribution in [0.15, 0.2) is 71.6 Å². The molecule has 168 valence electrons. The van der Waals surface area contributed by atoms with E-state index in [2.05, 4.69) is 5.32 Å². The van der Waals surface area contributed by atoms with Crippen LogP contribution in [0.2, 0.25) is 5.02 Å². The molecule has 32 heavy (non-hydrogen) atoms. The molecule has 0 spiro atoms. The first-order valence-electron chi connectivity index (χ1n) is 9.62. The van der Waals surface area contributed by atoms with Gasteiger partial charge in [0.2, 0.25) is 5.91 Å². The van der Waals surface area contributed by atoms with Gasteiger partial charge in [-0.3, -0.25) is 9.10 Å². The summed E-state index contributed by atoms with van der Waals surface area (Å²) in [7, 11) is -1.24. The average molecular weight is 475 g/mol. The Bertz CT molecular complexity index is 1220. The van der Waals surface area contributed by atoms with Gasteiger partial charge in [0.1, 0.15) is 22.9 Å². The molecule has 3 aromatic carbocycles. The minimum Gasteiger partial charge on any atom is -0.495 e. The molecule has 0 saturated heterocycles. The van der Waals surface area contributed by atoms with Crippen molar-refractivity contribution in [1.82, 2.24) is 0 Å². The summed E-state index contributed by atoms with van der Waals surface area (Å²) < 4.78 is 38.7. The van der Waals surface area contributed by atoms with Gasteiger partial charge < -0.3 is 14.8 Å². The quantitative estimate of drug-likeness (QED) is 0.519. The number of ether oxygens (including phenoxy) is 2. The Morgan fingerprint density at radius 1 is 0.969 bits per heavy atom. The Kier molecular flexibility index (Phi) is 7.27. The van der Waals surface area contributed by atoms with Crippen molar-refractivity contribution in [3.05, 3.63) is 77.3 Å². The lowest BCUT2D eigenvalue weighted by atomic mass is 10.2. The first kappa shape index (κ1) is 23.4. The van der Waals surface area contributed by atoms with Gasteiger partial charge in [-0.2, -0.15) is 0 Å². The molecule has 9 heteroatoms. The van der Waals surface area contributed by atoms with E-state index in [4.69, 9.17) is 21.1 Å². The third kappa shape index (κ3) is 5.15. The number of anilines is 2. The fraction of sp³-hybridized carbons (Fsp3) is 0.174. The summed E-state index contributed by atoms with van der Waals surface area (Å²) in [5.41, 5.74) is 1.51. The third-order valence-electron chi connectivity index (χ3n) is 4.65. The van der Waals surface area contributed by atoms with Crippen molar-refractivity contribution in [2.45, 2.75) is 11.8 Å². The lowest BCUT2D eigenvalue weighted by Gasteiger charge is -2.25. The van der Waals surface area contributed by atoms with Crippen LogP contribution in [-0.2, 0) is 14.8 Å². The minimum atomic E-state index is -4.12. The summed E-state index contributed by atoms with van der Waals surface area (Å²) in [6.45, 7) is 1.33. The van der Waals surface area contributed by atoms with Gasteiger partial charge in [0.25, 0.3) is 10.0 Å². The predicted molar refractivity (Wildman–Crippen MR) is 125 cm³/mol. The van der Waals surface area contributed by atoms with E-state index in [0.717, 1.165) is 9.87 Å². The van der Waals surface area contributed by atoms with E-state index >= 15 is 0 Å². The highest BCUT2D eigenvalue weighted by atomic mass is 35.5. The van der Waals surface area contributed by atoms with Gasteiger partial charge in [-0.05, 0) is 55.0 Å². The molecular formula is C23H23ClN2O5S.